The summed E-state index contributed by atoms with van der Waals surface area (Å²) in [7, 11) is -0.364. The molecule has 28 heavy (non-hydrogen) atoms. The Morgan fingerprint density at radius 3 is 2.68 bits per heavy atom. The van der Waals surface area contributed by atoms with Crippen LogP contribution in [0.3, 0.4) is 0 Å². The van der Waals surface area contributed by atoms with Crippen LogP contribution in [-0.2, 0) is 30.7 Å². The van der Waals surface area contributed by atoms with E-state index in [1.807, 2.05) is 24.3 Å². The molecule has 8 nitrogen and oxygen atoms in total. The Hall–Kier alpha value is -1.68. The zero-order chi connectivity index (χ0) is 19.9. The average Bonchev–Trinajstić information content (AvgIpc) is 3.05. The number of benzene rings is 1. The number of hydrogen-bond acceptors (Lipinski definition) is 6. The molecular weight excluding hydrogens is 384 g/mol. The van der Waals surface area contributed by atoms with Gasteiger partial charge in [0.2, 0.25) is 15.9 Å². The molecule has 0 unspecified atom stereocenters. The van der Waals surface area contributed by atoms with Crippen molar-refractivity contribution in [3.8, 4) is 5.75 Å². The van der Waals surface area contributed by atoms with Crippen molar-refractivity contribution < 1.29 is 27.4 Å². The topological polar surface area (TPSA) is 85.4 Å². The number of ether oxygens (including phenoxy) is 3. The molecule has 0 aromatic heterocycles. The zero-order valence-electron chi connectivity index (χ0n) is 16.2. The van der Waals surface area contributed by atoms with Gasteiger partial charge >= 0.3 is 0 Å². The van der Waals surface area contributed by atoms with Crippen LogP contribution in [0, 0.1) is 0 Å². The highest BCUT2D eigenvalue weighted by atomic mass is 32.2. The van der Waals surface area contributed by atoms with E-state index >= 15 is 0 Å². The highest BCUT2D eigenvalue weighted by molar-refractivity contribution is 7.90. The van der Waals surface area contributed by atoms with Crippen LogP contribution in [-0.4, -0.2) is 87.5 Å². The lowest BCUT2D eigenvalue weighted by Crippen LogP contribution is -2.57. The van der Waals surface area contributed by atoms with E-state index < -0.39 is 20.9 Å². The first kappa shape index (κ1) is 19.6. The Balaban J connectivity index is 1.48. The molecule has 3 saturated heterocycles. The van der Waals surface area contributed by atoms with Crippen molar-refractivity contribution >= 4 is 15.9 Å². The van der Waals surface area contributed by atoms with E-state index in [-0.39, 0.29) is 18.6 Å². The molecule has 1 aromatic rings. The summed E-state index contributed by atoms with van der Waals surface area (Å²) in [6.45, 7) is 1.42. The predicted molar refractivity (Wildman–Crippen MR) is 102 cm³/mol. The zero-order valence-corrected chi connectivity index (χ0v) is 17.0. The number of morpholine rings is 1. The average molecular weight is 410 g/mol. The van der Waals surface area contributed by atoms with Gasteiger partial charge in [-0.25, -0.2) is 8.42 Å². The normalized spacial score (nSPS) is 31.0. The summed E-state index contributed by atoms with van der Waals surface area (Å²) >= 11 is 0. The summed E-state index contributed by atoms with van der Waals surface area (Å²) in [4.78, 5) is 14.0. The van der Waals surface area contributed by atoms with Gasteiger partial charge in [0.1, 0.15) is 23.2 Å². The number of likely N-dealkylation sites (tertiary alicyclic amines) is 1. The van der Waals surface area contributed by atoms with Crippen molar-refractivity contribution in [2.45, 2.75) is 29.8 Å². The maximum absolute atomic E-state index is 13.1. The minimum atomic E-state index is -3.46. The summed E-state index contributed by atoms with van der Waals surface area (Å²) in [6.07, 6.45) is 0.831. The highest BCUT2D eigenvalue weighted by Crippen LogP contribution is 2.46. The third kappa shape index (κ3) is 3.30. The van der Waals surface area contributed by atoms with Gasteiger partial charge in [-0.2, -0.15) is 4.31 Å². The second-order valence-electron chi connectivity index (χ2n) is 7.71. The SMILES string of the molecule is COCC(=O)N1C[C@@H]2C[C@@H]3[C@@](C1)(CN(CCc1ccc(OC)cc1)S3(=O)=O)O2. The van der Waals surface area contributed by atoms with Gasteiger partial charge in [-0.05, 0) is 30.5 Å². The van der Waals surface area contributed by atoms with Crippen LogP contribution in [0.4, 0.5) is 0 Å². The maximum Gasteiger partial charge on any atom is 0.248 e. The number of carbonyl (C=O) groups excluding carboxylic acids is 1. The number of rotatable bonds is 6. The molecular formula is C19H26N2O6S. The van der Waals surface area contributed by atoms with Gasteiger partial charge in [0.25, 0.3) is 0 Å². The first-order chi connectivity index (χ1) is 13.4. The smallest absolute Gasteiger partial charge is 0.248 e. The Kier molecular flexibility index (Phi) is 5.11. The molecule has 0 aliphatic carbocycles. The van der Waals surface area contributed by atoms with Crippen LogP contribution in [0.25, 0.3) is 0 Å². The summed E-state index contributed by atoms with van der Waals surface area (Å²) in [5.74, 6) is 0.651. The molecule has 1 aromatic carbocycles. The molecule has 0 saturated carbocycles. The van der Waals surface area contributed by atoms with Gasteiger partial charge in [0, 0.05) is 26.7 Å². The minimum Gasteiger partial charge on any atom is -0.497 e. The van der Waals surface area contributed by atoms with Crippen molar-refractivity contribution in [1.29, 1.82) is 0 Å². The van der Waals surface area contributed by atoms with E-state index in [4.69, 9.17) is 14.2 Å². The number of carbonyl (C=O) groups is 1. The first-order valence-corrected chi connectivity index (χ1v) is 10.9. The molecule has 3 atom stereocenters. The quantitative estimate of drug-likeness (QED) is 0.669. The van der Waals surface area contributed by atoms with Crippen LogP contribution in [0.2, 0.25) is 0 Å². The predicted octanol–water partition coefficient (Wildman–Crippen LogP) is 0.268. The number of methoxy groups -OCH3 is 2. The summed E-state index contributed by atoms with van der Waals surface area (Å²) in [6, 6.07) is 7.63. The number of sulfonamides is 1. The van der Waals surface area contributed by atoms with E-state index in [2.05, 4.69) is 0 Å². The number of fused-ring (bicyclic) bond motifs is 1. The molecule has 3 heterocycles. The van der Waals surface area contributed by atoms with Crippen LogP contribution >= 0.6 is 0 Å². The summed E-state index contributed by atoms with van der Waals surface area (Å²) < 4.78 is 44.1. The van der Waals surface area contributed by atoms with E-state index in [1.54, 1.807) is 12.0 Å². The molecule has 1 spiro atoms. The third-order valence-electron chi connectivity index (χ3n) is 5.94. The Labute approximate surface area is 165 Å². The largest absolute Gasteiger partial charge is 0.497 e. The monoisotopic (exact) mass is 410 g/mol. The minimum absolute atomic E-state index is 0.00139. The standard InChI is InChI=1S/C19H26N2O6S/c1-25-11-18(22)20-10-16-9-17-19(12-20,27-16)13-21(28(17,23)24)8-7-14-3-5-15(26-2)6-4-14/h3-6,16-17H,7-13H2,1-2H3/t16-,17+,19+/m0/s1. The van der Waals surface area contributed by atoms with Gasteiger partial charge in [0.15, 0.2) is 0 Å². The highest BCUT2D eigenvalue weighted by Gasteiger charge is 2.65. The van der Waals surface area contributed by atoms with E-state index in [1.165, 1.54) is 11.4 Å². The van der Waals surface area contributed by atoms with Crippen molar-refractivity contribution in [2.75, 3.05) is 47.0 Å². The fourth-order valence-electron chi connectivity index (χ4n) is 4.60. The molecule has 2 bridgehead atoms. The lowest BCUT2D eigenvalue weighted by molar-refractivity contribution is -0.154. The fraction of sp³-hybridized carbons (Fsp3) is 0.632. The Morgan fingerprint density at radius 1 is 1.25 bits per heavy atom. The van der Waals surface area contributed by atoms with Crippen LogP contribution in [0.15, 0.2) is 24.3 Å². The van der Waals surface area contributed by atoms with Gasteiger partial charge in [-0.15, -0.1) is 0 Å². The molecule has 3 aliphatic heterocycles. The third-order valence-corrected chi connectivity index (χ3v) is 8.31. The first-order valence-electron chi connectivity index (χ1n) is 9.44. The molecule has 9 heteroatoms. The van der Waals surface area contributed by atoms with Gasteiger partial charge in [-0.1, -0.05) is 12.1 Å². The van der Waals surface area contributed by atoms with Crippen LogP contribution in [0.1, 0.15) is 12.0 Å². The van der Waals surface area contributed by atoms with E-state index in [0.29, 0.717) is 39.0 Å². The molecule has 1 amide bonds. The van der Waals surface area contributed by atoms with Crippen molar-refractivity contribution in [1.82, 2.24) is 9.21 Å². The number of amides is 1. The molecule has 0 N–H and O–H groups in total. The molecule has 3 fully saturated rings. The van der Waals surface area contributed by atoms with Gasteiger partial charge in [-0.3, -0.25) is 4.79 Å². The van der Waals surface area contributed by atoms with Crippen molar-refractivity contribution in [3.63, 3.8) is 0 Å². The van der Waals surface area contributed by atoms with Crippen LogP contribution < -0.4 is 4.74 Å². The number of hydrogen-bond donors (Lipinski definition) is 0. The fourth-order valence-corrected chi connectivity index (χ4v) is 6.91. The molecule has 154 valence electrons. The van der Waals surface area contributed by atoms with E-state index in [0.717, 1.165) is 11.3 Å². The Bertz CT molecular complexity index is 842. The van der Waals surface area contributed by atoms with Gasteiger partial charge < -0.3 is 19.1 Å². The van der Waals surface area contributed by atoms with E-state index in [9.17, 15) is 13.2 Å². The van der Waals surface area contributed by atoms with Crippen molar-refractivity contribution in [3.05, 3.63) is 29.8 Å². The molecule has 0 radical (unpaired) electrons. The van der Waals surface area contributed by atoms with Gasteiger partial charge in [0.05, 0.1) is 19.8 Å². The second kappa shape index (κ2) is 7.29. The second-order valence-corrected chi connectivity index (χ2v) is 9.83. The van der Waals surface area contributed by atoms with Crippen molar-refractivity contribution in [2.24, 2.45) is 0 Å². The Morgan fingerprint density at radius 2 is 2.00 bits per heavy atom. The maximum atomic E-state index is 13.1. The summed E-state index contributed by atoms with van der Waals surface area (Å²) in [5, 5.41) is -0.582. The lowest BCUT2D eigenvalue weighted by Gasteiger charge is -2.39. The lowest BCUT2D eigenvalue weighted by atomic mass is 9.99. The number of nitrogens with zero attached hydrogens (tertiary/aromatic N) is 2. The molecule has 3 aliphatic rings. The van der Waals surface area contributed by atoms with Crippen LogP contribution in [0.5, 0.6) is 5.75 Å². The summed E-state index contributed by atoms with van der Waals surface area (Å²) in [5.41, 5.74) is 0.218. The molecule has 4 rings (SSSR count).